The third-order valence-corrected chi connectivity index (χ3v) is 3.48. The Morgan fingerprint density at radius 2 is 1.88 bits per heavy atom. The zero-order valence-electron chi connectivity index (χ0n) is 12.6. The lowest BCUT2D eigenvalue weighted by atomic mass is 10.1. The quantitative estimate of drug-likeness (QED) is 0.716. The van der Waals surface area contributed by atoms with Crippen molar-refractivity contribution in [1.82, 2.24) is 25.9 Å². The van der Waals surface area contributed by atoms with Gasteiger partial charge in [0, 0.05) is 10.6 Å². The number of aromatic amines is 1. The van der Waals surface area contributed by atoms with Crippen molar-refractivity contribution in [3.8, 4) is 5.75 Å². The summed E-state index contributed by atoms with van der Waals surface area (Å²) in [5.41, 5.74) is 1.51. The first kappa shape index (κ1) is 15.9. The van der Waals surface area contributed by atoms with Crippen LogP contribution in [0.1, 0.15) is 21.7 Å². The highest BCUT2D eigenvalue weighted by molar-refractivity contribution is 6.30. The molecule has 3 rings (SSSR count). The first-order valence-electron chi connectivity index (χ1n) is 7.18. The maximum Gasteiger partial charge on any atom is 0.251 e. The lowest BCUT2D eigenvalue weighted by Gasteiger charge is -2.07. The van der Waals surface area contributed by atoms with E-state index in [1.54, 1.807) is 24.3 Å². The smallest absolute Gasteiger partial charge is 0.251 e. The van der Waals surface area contributed by atoms with E-state index >= 15 is 0 Å². The average molecular weight is 344 g/mol. The number of carbonyl (C=O) groups excluding carboxylic acids is 1. The molecular formula is C16H14ClN5O2. The molecule has 1 heterocycles. The third kappa shape index (κ3) is 4.30. The molecule has 0 atom stereocenters. The number of hydrogen-bond acceptors (Lipinski definition) is 5. The molecule has 122 valence electrons. The van der Waals surface area contributed by atoms with Crippen molar-refractivity contribution in [2.45, 2.75) is 13.2 Å². The van der Waals surface area contributed by atoms with Gasteiger partial charge in [0.25, 0.3) is 5.91 Å². The molecule has 0 saturated heterocycles. The van der Waals surface area contributed by atoms with Gasteiger partial charge in [0.15, 0.2) is 5.82 Å². The molecular weight excluding hydrogens is 330 g/mol. The molecule has 2 aromatic carbocycles. The van der Waals surface area contributed by atoms with Crippen molar-refractivity contribution in [3.63, 3.8) is 0 Å². The minimum atomic E-state index is -0.204. The fraction of sp³-hybridized carbons (Fsp3) is 0.125. The molecule has 0 saturated carbocycles. The molecule has 24 heavy (non-hydrogen) atoms. The zero-order valence-corrected chi connectivity index (χ0v) is 13.3. The van der Waals surface area contributed by atoms with Gasteiger partial charge in [0.2, 0.25) is 0 Å². The first-order valence-corrected chi connectivity index (χ1v) is 7.56. The average Bonchev–Trinajstić information content (AvgIpc) is 3.13. The van der Waals surface area contributed by atoms with E-state index < -0.39 is 0 Å². The number of nitrogens with zero attached hydrogens (tertiary/aromatic N) is 3. The molecule has 0 aliphatic rings. The Bertz CT molecular complexity index is 788. The molecule has 0 radical (unpaired) electrons. The summed E-state index contributed by atoms with van der Waals surface area (Å²) in [6.45, 7) is 0.628. The number of aromatic nitrogens is 4. The second-order valence-electron chi connectivity index (χ2n) is 4.95. The lowest BCUT2D eigenvalue weighted by molar-refractivity contribution is 0.0950. The fourth-order valence-corrected chi connectivity index (χ4v) is 2.09. The van der Waals surface area contributed by atoms with E-state index in [2.05, 4.69) is 25.9 Å². The monoisotopic (exact) mass is 343 g/mol. The molecule has 0 aliphatic carbocycles. The molecule has 7 nitrogen and oxygen atoms in total. The van der Waals surface area contributed by atoms with Crippen LogP contribution in [0.4, 0.5) is 0 Å². The SMILES string of the molecule is O=C(NCc1nn[nH]n1)c1ccc(COc2ccc(Cl)cc2)cc1. The number of nitrogens with one attached hydrogen (secondary N) is 2. The highest BCUT2D eigenvalue weighted by Gasteiger charge is 2.07. The van der Waals surface area contributed by atoms with Crippen molar-refractivity contribution >= 4 is 17.5 Å². The van der Waals surface area contributed by atoms with Crippen LogP contribution in [0, 0.1) is 0 Å². The minimum Gasteiger partial charge on any atom is -0.489 e. The van der Waals surface area contributed by atoms with Crippen LogP contribution in [-0.2, 0) is 13.2 Å². The van der Waals surface area contributed by atoms with Gasteiger partial charge in [0.1, 0.15) is 12.4 Å². The Kier molecular flexibility index (Phi) is 5.02. The first-order chi connectivity index (χ1) is 11.7. The van der Waals surface area contributed by atoms with E-state index in [0.717, 1.165) is 11.3 Å². The summed E-state index contributed by atoms with van der Waals surface area (Å²) in [5.74, 6) is 0.961. The number of tetrazole rings is 1. The number of H-pyrrole nitrogens is 1. The third-order valence-electron chi connectivity index (χ3n) is 3.23. The second kappa shape index (κ2) is 7.56. The lowest BCUT2D eigenvalue weighted by Crippen LogP contribution is -2.23. The zero-order chi connectivity index (χ0) is 16.8. The summed E-state index contributed by atoms with van der Waals surface area (Å²) >= 11 is 5.83. The topological polar surface area (TPSA) is 92.8 Å². The van der Waals surface area contributed by atoms with E-state index in [9.17, 15) is 4.79 Å². The van der Waals surface area contributed by atoms with Gasteiger partial charge in [-0.1, -0.05) is 28.9 Å². The maximum absolute atomic E-state index is 12.0. The summed E-state index contributed by atoms with van der Waals surface area (Å²) in [6.07, 6.45) is 0. The highest BCUT2D eigenvalue weighted by atomic mass is 35.5. The highest BCUT2D eigenvalue weighted by Crippen LogP contribution is 2.17. The molecule has 3 aromatic rings. The van der Waals surface area contributed by atoms with Gasteiger partial charge < -0.3 is 10.1 Å². The molecule has 0 unspecified atom stereocenters. The predicted octanol–water partition coefficient (Wildman–Crippen LogP) is 2.36. The maximum atomic E-state index is 12.0. The van der Waals surface area contributed by atoms with Crippen LogP contribution in [0.15, 0.2) is 48.5 Å². The van der Waals surface area contributed by atoms with Crippen LogP contribution in [0.25, 0.3) is 0 Å². The van der Waals surface area contributed by atoms with Crippen molar-refractivity contribution < 1.29 is 9.53 Å². The molecule has 0 bridgehead atoms. The Morgan fingerprint density at radius 3 is 2.54 bits per heavy atom. The Hall–Kier alpha value is -2.93. The van der Waals surface area contributed by atoms with Gasteiger partial charge in [-0.25, -0.2) is 0 Å². The summed E-state index contributed by atoms with van der Waals surface area (Å²) in [6, 6.07) is 14.3. The van der Waals surface area contributed by atoms with Gasteiger partial charge in [-0.15, -0.1) is 10.2 Å². The fourth-order valence-electron chi connectivity index (χ4n) is 1.97. The van der Waals surface area contributed by atoms with Crippen LogP contribution >= 0.6 is 11.6 Å². The van der Waals surface area contributed by atoms with E-state index in [4.69, 9.17) is 16.3 Å². The number of ether oxygens (including phenoxy) is 1. The molecule has 0 spiro atoms. The van der Waals surface area contributed by atoms with Crippen LogP contribution in [-0.4, -0.2) is 26.5 Å². The van der Waals surface area contributed by atoms with E-state index in [1.165, 1.54) is 0 Å². The van der Waals surface area contributed by atoms with Gasteiger partial charge in [0.05, 0.1) is 6.54 Å². The van der Waals surface area contributed by atoms with Crippen LogP contribution in [0.5, 0.6) is 5.75 Å². The summed E-state index contributed by atoms with van der Waals surface area (Å²) in [7, 11) is 0. The standard InChI is InChI=1S/C16H14ClN5O2/c17-13-5-7-14(8-6-13)24-10-11-1-3-12(4-2-11)16(23)18-9-15-19-21-22-20-15/h1-8H,9-10H2,(H,18,23)(H,19,20,21,22). The summed E-state index contributed by atoms with van der Waals surface area (Å²) < 4.78 is 5.66. The van der Waals surface area contributed by atoms with Gasteiger partial charge in [-0.05, 0) is 42.0 Å². The van der Waals surface area contributed by atoms with Crippen molar-refractivity contribution in [1.29, 1.82) is 0 Å². The number of benzene rings is 2. The summed E-state index contributed by atoms with van der Waals surface area (Å²) in [5, 5.41) is 16.7. The number of carbonyl (C=O) groups is 1. The van der Waals surface area contributed by atoms with Crippen molar-refractivity contribution in [2.75, 3.05) is 0 Å². The van der Waals surface area contributed by atoms with E-state index in [-0.39, 0.29) is 12.5 Å². The minimum absolute atomic E-state index is 0.204. The van der Waals surface area contributed by atoms with E-state index in [0.29, 0.717) is 23.0 Å². The van der Waals surface area contributed by atoms with Gasteiger partial charge in [-0.2, -0.15) is 5.21 Å². The Morgan fingerprint density at radius 1 is 1.12 bits per heavy atom. The summed E-state index contributed by atoms with van der Waals surface area (Å²) in [4.78, 5) is 12.0. The van der Waals surface area contributed by atoms with Gasteiger partial charge >= 0.3 is 0 Å². The van der Waals surface area contributed by atoms with Crippen molar-refractivity contribution in [2.24, 2.45) is 0 Å². The molecule has 0 fully saturated rings. The predicted molar refractivity (Wildman–Crippen MR) is 87.6 cm³/mol. The molecule has 8 heteroatoms. The van der Waals surface area contributed by atoms with Crippen LogP contribution < -0.4 is 10.1 Å². The number of rotatable bonds is 6. The molecule has 1 aromatic heterocycles. The van der Waals surface area contributed by atoms with Crippen molar-refractivity contribution in [3.05, 3.63) is 70.5 Å². The number of halogens is 1. The number of amides is 1. The largest absolute Gasteiger partial charge is 0.489 e. The number of hydrogen-bond donors (Lipinski definition) is 2. The second-order valence-corrected chi connectivity index (χ2v) is 5.39. The molecule has 2 N–H and O–H groups in total. The Labute approximate surface area is 143 Å². The normalized spacial score (nSPS) is 10.4. The van der Waals surface area contributed by atoms with Crippen LogP contribution in [0.3, 0.4) is 0 Å². The van der Waals surface area contributed by atoms with E-state index in [1.807, 2.05) is 24.3 Å². The van der Waals surface area contributed by atoms with Gasteiger partial charge in [-0.3, -0.25) is 4.79 Å². The molecule has 0 aliphatic heterocycles. The Balaban J connectivity index is 1.52. The molecule has 1 amide bonds. The van der Waals surface area contributed by atoms with Crippen LogP contribution in [0.2, 0.25) is 5.02 Å².